The average molecular weight is 314 g/mol. The minimum Gasteiger partial charge on any atom is -0.492 e. The second-order valence-corrected chi connectivity index (χ2v) is 5.33. The molecule has 0 unspecified atom stereocenters. The van der Waals surface area contributed by atoms with E-state index in [1.165, 1.54) is 11.3 Å². The van der Waals surface area contributed by atoms with Gasteiger partial charge in [0.25, 0.3) is 5.56 Å². The van der Waals surface area contributed by atoms with Crippen LogP contribution < -0.4 is 15.6 Å². The van der Waals surface area contributed by atoms with Crippen LogP contribution in [0.2, 0.25) is 0 Å². The molecule has 2 N–H and O–H groups in total. The summed E-state index contributed by atoms with van der Waals surface area (Å²) >= 11 is 1.45. The first-order chi connectivity index (χ1) is 10.8. The molecule has 7 heteroatoms. The third-order valence-electron chi connectivity index (χ3n) is 2.89. The fourth-order valence-corrected chi connectivity index (χ4v) is 2.65. The summed E-state index contributed by atoms with van der Waals surface area (Å²) in [7, 11) is 0. The van der Waals surface area contributed by atoms with Gasteiger partial charge in [-0.3, -0.25) is 9.78 Å². The Balaban J connectivity index is 1.88. The first-order valence-electron chi connectivity index (χ1n) is 6.77. The lowest BCUT2D eigenvalue weighted by molar-refractivity contribution is 0.342. The Morgan fingerprint density at radius 2 is 2.09 bits per heavy atom. The molecule has 112 valence electrons. The van der Waals surface area contributed by atoms with Crippen LogP contribution in [0.3, 0.4) is 0 Å². The SMILES string of the molecule is CCOc1ccccc1Nc1nnc(-c2cccs2)c(=O)[nH]1. The lowest BCUT2D eigenvalue weighted by atomic mass is 10.3. The lowest BCUT2D eigenvalue weighted by Crippen LogP contribution is -2.15. The summed E-state index contributed by atoms with van der Waals surface area (Å²) < 4.78 is 5.52. The van der Waals surface area contributed by atoms with Crippen molar-refractivity contribution in [3.63, 3.8) is 0 Å². The van der Waals surface area contributed by atoms with Gasteiger partial charge < -0.3 is 10.1 Å². The van der Waals surface area contributed by atoms with Crippen LogP contribution >= 0.6 is 11.3 Å². The van der Waals surface area contributed by atoms with E-state index in [1.54, 1.807) is 0 Å². The molecule has 0 atom stereocenters. The van der Waals surface area contributed by atoms with Crippen molar-refractivity contribution in [1.82, 2.24) is 15.2 Å². The number of ether oxygens (including phenoxy) is 1. The summed E-state index contributed by atoms with van der Waals surface area (Å²) in [5.41, 5.74) is 0.755. The van der Waals surface area contributed by atoms with Crippen molar-refractivity contribution in [3.8, 4) is 16.3 Å². The van der Waals surface area contributed by atoms with Crippen molar-refractivity contribution in [2.45, 2.75) is 6.92 Å². The molecule has 1 aromatic carbocycles. The molecule has 0 fully saturated rings. The predicted octanol–water partition coefficient (Wildman–Crippen LogP) is 3.04. The van der Waals surface area contributed by atoms with Gasteiger partial charge in [0, 0.05) is 0 Å². The number of anilines is 2. The third kappa shape index (κ3) is 2.99. The molecular weight excluding hydrogens is 300 g/mol. The van der Waals surface area contributed by atoms with E-state index in [0.717, 1.165) is 10.6 Å². The van der Waals surface area contributed by atoms with Crippen molar-refractivity contribution in [2.75, 3.05) is 11.9 Å². The second-order valence-electron chi connectivity index (χ2n) is 4.38. The minimum atomic E-state index is -0.283. The van der Waals surface area contributed by atoms with Gasteiger partial charge in [-0.2, -0.15) is 0 Å². The first-order valence-corrected chi connectivity index (χ1v) is 7.65. The number of aromatic nitrogens is 3. The summed E-state index contributed by atoms with van der Waals surface area (Å²) in [6, 6.07) is 11.1. The zero-order valence-electron chi connectivity index (χ0n) is 11.9. The van der Waals surface area contributed by atoms with Crippen LogP contribution in [0.5, 0.6) is 5.75 Å². The number of nitrogens with zero attached hydrogens (tertiary/aromatic N) is 2. The average Bonchev–Trinajstić information content (AvgIpc) is 3.04. The van der Waals surface area contributed by atoms with Crippen molar-refractivity contribution in [1.29, 1.82) is 0 Å². The number of benzene rings is 1. The number of para-hydroxylation sites is 2. The number of thiophene rings is 1. The zero-order chi connectivity index (χ0) is 15.4. The van der Waals surface area contributed by atoms with Crippen molar-refractivity contribution >= 4 is 23.0 Å². The largest absolute Gasteiger partial charge is 0.492 e. The van der Waals surface area contributed by atoms with Crippen LogP contribution in [0.4, 0.5) is 11.6 Å². The van der Waals surface area contributed by atoms with Gasteiger partial charge in [-0.1, -0.05) is 18.2 Å². The number of hydrogen-bond acceptors (Lipinski definition) is 6. The van der Waals surface area contributed by atoms with E-state index in [0.29, 0.717) is 18.1 Å². The zero-order valence-corrected chi connectivity index (χ0v) is 12.7. The maximum atomic E-state index is 12.1. The van der Waals surface area contributed by atoms with Crippen molar-refractivity contribution in [3.05, 3.63) is 52.1 Å². The third-order valence-corrected chi connectivity index (χ3v) is 3.77. The standard InChI is InChI=1S/C15H14N4O2S/c1-2-21-11-7-4-3-6-10(11)16-15-17-14(20)13(18-19-15)12-8-5-9-22-12/h3-9H,2H2,1H3,(H2,16,17,19,20). The fourth-order valence-electron chi connectivity index (χ4n) is 1.95. The molecule has 6 nitrogen and oxygen atoms in total. The Hall–Kier alpha value is -2.67. The summed E-state index contributed by atoms with van der Waals surface area (Å²) in [5, 5.41) is 12.9. The quantitative estimate of drug-likeness (QED) is 0.756. The fraction of sp³-hybridized carbons (Fsp3) is 0.133. The summed E-state index contributed by atoms with van der Waals surface area (Å²) in [6.07, 6.45) is 0. The maximum Gasteiger partial charge on any atom is 0.280 e. The monoisotopic (exact) mass is 314 g/mol. The van der Waals surface area contributed by atoms with Crippen LogP contribution in [-0.4, -0.2) is 21.8 Å². The van der Waals surface area contributed by atoms with Crippen molar-refractivity contribution < 1.29 is 4.74 Å². The number of rotatable bonds is 5. The predicted molar refractivity (Wildman–Crippen MR) is 86.9 cm³/mol. The summed E-state index contributed by atoms with van der Waals surface area (Å²) in [5.74, 6) is 0.965. The first kappa shape index (κ1) is 14.3. The van der Waals surface area contributed by atoms with E-state index in [-0.39, 0.29) is 11.5 Å². The molecule has 0 aliphatic carbocycles. The molecule has 3 aromatic rings. The molecule has 3 rings (SSSR count). The molecular formula is C15H14N4O2S. The Kier molecular flexibility index (Phi) is 4.15. The highest BCUT2D eigenvalue weighted by atomic mass is 32.1. The van der Waals surface area contributed by atoms with Crippen LogP contribution in [0, 0.1) is 0 Å². The molecule has 2 aromatic heterocycles. The van der Waals surface area contributed by atoms with Crippen LogP contribution in [0.15, 0.2) is 46.6 Å². The molecule has 0 bridgehead atoms. The second kappa shape index (κ2) is 6.40. The Morgan fingerprint density at radius 1 is 1.23 bits per heavy atom. The van der Waals surface area contributed by atoms with E-state index in [9.17, 15) is 4.79 Å². The molecule has 0 aliphatic rings. The van der Waals surface area contributed by atoms with E-state index in [1.807, 2.05) is 48.7 Å². The van der Waals surface area contributed by atoms with Gasteiger partial charge in [0.2, 0.25) is 5.95 Å². The summed E-state index contributed by atoms with van der Waals surface area (Å²) in [4.78, 5) is 15.6. The molecule has 0 aliphatic heterocycles. The number of aromatic amines is 1. The van der Waals surface area contributed by atoms with Gasteiger partial charge in [0.05, 0.1) is 17.2 Å². The molecule has 22 heavy (non-hydrogen) atoms. The summed E-state index contributed by atoms with van der Waals surface area (Å²) in [6.45, 7) is 2.46. The topological polar surface area (TPSA) is 79.9 Å². The van der Waals surface area contributed by atoms with Gasteiger partial charge in [-0.25, -0.2) is 0 Å². The Labute approximate surface area is 130 Å². The van der Waals surface area contributed by atoms with Gasteiger partial charge in [0.15, 0.2) is 5.69 Å². The van der Waals surface area contributed by atoms with Gasteiger partial charge >= 0.3 is 0 Å². The molecule has 0 spiro atoms. The van der Waals surface area contributed by atoms with E-state index in [2.05, 4.69) is 20.5 Å². The number of hydrogen-bond donors (Lipinski definition) is 2. The van der Waals surface area contributed by atoms with E-state index < -0.39 is 0 Å². The van der Waals surface area contributed by atoms with Gasteiger partial charge in [0.1, 0.15) is 5.75 Å². The lowest BCUT2D eigenvalue weighted by Gasteiger charge is -2.10. The maximum absolute atomic E-state index is 12.1. The highest BCUT2D eigenvalue weighted by molar-refractivity contribution is 7.13. The highest BCUT2D eigenvalue weighted by Gasteiger charge is 2.10. The number of H-pyrrole nitrogens is 1. The molecule has 0 radical (unpaired) electrons. The number of nitrogens with one attached hydrogen (secondary N) is 2. The Bertz CT molecular complexity index is 814. The Morgan fingerprint density at radius 3 is 2.82 bits per heavy atom. The highest BCUT2D eigenvalue weighted by Crippen LogP contribution is 2.26. The van der Waals surface area contributed by atoms with Gasteiger partial charge in [-0.05, 0) is 30.5 Å². The van der Waals surface area contributed by atoms with Crippen molar-refractivity contribution in [2.24, 2.45) is 0 Å². The molecule has 0 saturated carbocycles. The van der Waals surface area contributed by atoms with E-state index >= 15 is 0 Å². The minimum absolute atomic E-state index is 0.275. The van der Waals surface area contributed by atoms with Gasteiger partial charge in [-0.15, -0.1) is 21.5 Å². The molecule has 0 amide bonds. The molecule has 0 saturated heterocycles. The van der Waals surface area contributed by atoms with E-state index in [4.69, 9.17) is 4.74 Å². The van der Waals surface area contributed by atoms with Crippen LogP contribution in [0.1, 0.15) is 6.92 Å². The smallest absolute Gasteiger partial charge is 0.280 e. The van der Waals surface area contributed by atoms with Crippen LogP contribution in [-0.2, 0) is 0 Å². The normalized spacial score (nSPS) is 10.4. The van der Waals surface area contributed by atoms with Crippen LogP contribution in [0.25, 0.3) is 10.6 Å². The molecule has 2 heterocycles.